The Balaban J connectivity index is 1.92. The summed E-state index contributed by atoms with van der Waals surface area (Å²) < 4.78 is 0. The van der Waals surface area contributed by atoms with Crippen molar-refractivity contribution >= 4 is 11.7 Å². The minimum Gasteiger partial charge on any atom is -0.353 e. The van der Waals surface area contributed by atoms with E-state index in [0.717, 1.165) is 0 Å². The van der Waals surface area contributed by atoms with Crippen LogP contribution in [-0.2, 0) is 4.79 Å². The molecule has 1 amide bonds. The number of nitrogens with zero attached hydrogens (tertiary/aromatic N) is 4. The lowest BCUT2D eigenvalue weighted by atomic mass is 10.0. The molecule has 1 N–H and O–H groups in total. The van der Waals surface area contributed by atoms with E-state index >= 15 is 0 Å². The van der Waals surface area contributed by atoms with Crippen LogP contribution in [0.15, 0.2) is 42.9 Å². The second-order valence-corrected chi connectivity index (χ2v) is 6.11. The number of carbonyl (C=O) groups is 1. The van der Waals surface area contributed by atoms with Gasteiger partial charge in [-0.3, -0.25) is 9.78 Å². The zero-order chi connectivity index (χ0) is 17.5. The normalized spacial score (nSPS) is 12.0. The molecule has 6 nitrogen and oxygen atoms in total. The fraction of sp³-hybridized carbons (Fsp3) is 0.389. The SMILES string of the molecule is Cc1ccc([C@H](CNC(=O)CN(C)c2cnccn2)N(C)C)cc1. The first-order chi connectivity index (χ1) is 11.5. The lowest BCUT2D eigenvalue weighted by molar-refractivity contribution is -0.119. The van der Waals surface area contributed by atoms with Crippen LogP contribution in [0.5, 0.6) is 0 Å². The number of rotatable bonds is 7. The van der Waals surface area contributed by atoms with Gasteiger partial charge in [0.1, 0.15) is 5.82 Å². The molecule has 2 rings (SSSR count). The molecule has 0 bridgehead atoms. The Morgan fingerprint density at radius 1 is 1.17 bits per heavy atom. The molecule has 6 heteroatoms. The van der Waals surface area contributed by atoms with Crippen molar-refractivity contribution in [1.82, 2.24) is 20.2 Å². The summed E-state index contributed by atoms with van der Waals surface area (Å²) >= 11 is 0. The summed E-state index contributed by atoms with van der Waals surface area (Å²) in [4.78, 5) is 24.3. The summed E-state index contributed by atoms with van der Waals surface area (Å²) in [7, 11) is 5.86. The predicted octanol–water partition coefficient (Wildman–Crippen LogP) is 1.64. The first-order valence-corrected chi connectivity index (χ1v) is 7.94. The smallest absolute Gasteiger partial charge is 0.239 e. The van der Waals surface area contributed by atoms with Crippen LogP contribution in [0.4, 0.5) is 5.82 Å². The van der Waals surface area contributed by atoms with Gasteiger partial charge in [-0.25, -0.2) is 4.98 Å². The molecule has 2 aromatic rings. The van der Waals surface area contributed by atoms with E-state index in [0.29, 0.717) is 12.4 Å². The van der Waals surface area contributed by atoms with Crippen molar-refractivity contribution in [1.29, 1.82) is 0 Å². The maximum atomic E-state index is 12.2. The molecule has 1 heterocycles. The van der Waals surface area contributed by atoms with Gasteiger partial charge in [0, 0.05) is 26.0 Å². The number of carbonyl (C=O) groups excluding carboxylic acids is 1. The van der Waals surface area contributed by atoms with Crippen LogP contribution in [0, 0.1) is 6.92 Å². The monoisotopic (exact) mass is 327 g/mol. The molecule has 0 aliphatic rings. The largest absolute Gasteiger partial charge is 0.353 e. The molecule has 0 unspecified atom stereocenters. The van der Waals surface area contributed by atoms with Gasteiger partial charge in [-0.2, -0.15) is 0 Å². The highest BCUT2D eigenvalue weighted by molar-refractivity contribution is 5.80. The van der Waals surface area contributed by atoms with E-state index in [1.807, 2.05) is 21.1 Å². The van der Waals surface area contributed by atoms with Crippen LogP contribution in [0.3, 0.4) is 0 Å². The van der Waals surface area contributed by atoms with Crippen molar-refractivity contribution < 1.29 is 4.79 Å². The Morgan fingerprint density at radius 3 is 2.46 bits per heavy atom. The number of likely N-dealkylation sites (N-methyl/N-ethyl adjacent to an activating group) is 2. The highest BCUT2D eigenvalue weighted by Gasteiger charge is 2.16. The second kappa shape index (κ2) is 8.40. The van der Waals surface area contributed by atoms with Crippen molar-refractivity contribution in [2.45, 2.75) is 13.0 Å². The molecule has 0 aliphatic heterocycles. The molecule has 1 aromatic heterocycles. The maximum absolute atomic E-state index is 12.2. The van der Waals surface area contributed by atoms with E-state index in [1.54, 1.807) is 23.5 Å². The summed E-state index contributed by atoms with van der Waals surface area (Å²) in [6.07, 6.45) is 4.87. The highest BCUT2D eigenvalue weighted by Crippen LogP contribution is 2.17. The first kappa shape index (κ1) is 17.9. The zero-order valence-electron chi connectivity index (χ0n) is 14.7. The van der Waals surface area contributed by atoms with Crippen LogP contribution in [0.1, 0.15) is 17.2 Å². The standard InChI is InChI=1S/C18H25N5O/c1-14-5-7-15(8-6-14)16(22(2)3)11-21-18(24)13-23(4)17-12-19-9-10-20-17/h5-10,12,16H,11,13H2,1-4H3,(H,21,24)/t16-/m0/s1. The summed E-state index contributed by atoms with van der Waals surface area (Å²) in [6, 6.07) is 8.54. The van der Waals surface area contributed by atoms with Gasteiger partial charge in [0.15, 0.2) is 0 Å². The van der Waals surface area contributed by atoms with Crippen molar-refractivity contribution in [3.05, 3.63) is 54.0 Å². The number of anilines is 1. The molecule has 1 aromatic carbocycles. The van der Waals surface area contributed by atoms with Gasteiger partial charge < -0.3 is 15.1 Å². The summed E-state index contributed by atoms with van der Waals surface area (Å²) in [5, 5.41) is 3.01. The van der Waals surface area contributed by atoms with E-state index in [4.69, 9.17) is 0 Å². The van der Waals surface area contributed by atoms with Crippen molar-refractivity contribution in [3.8, 4) is 0 Å². The zero-order valence-corrected chi connectivity index (χ0v) is 14.7. The molecule has 0 saturated heterocycles. The summed E-state index contributed by atoms with van der Waals surface area (Å²) in [5.41, 5.74) is 2.42. The Hall–Kier alpha value is -2.47. The van der Waals surface area contributed by atoms with E-state index < -0.39 is 0 Å². The Kier molecular flexibility index (Phi) is 6.26. The van der Waals surface area contributed by atoms with Crippen LogP contribution in [-0.4, -0.2) is 55.0 Å². The van der Waals surface area contributed by atoms with E-state index in [9.17, 15) is 4.79 Å². The predicted molar refractivity (Wildman–Crippen MR) is 95.9 cm³/mol. The van der Waals surface area contributed by atoms with Gasteiger partial charge >= 0.3 is 0 Å². The fourth-order valence-electron chi connectivity index (χ4n) is 2.44. The number of hydrogen-bond acceptors (Lipinski definition) is 5. The number of benzene rings is 1. The Morgan fingerprint density at radius 2 is 1.88 bits per heavy atom. The summed E-state index contributed by atoms with van der Waals surface area (Å²) in [6.45, 7) is 2.87. The van der Waals surface area contributed by atoms with Crippen LogP contribution in [0.2, 0.25) is 0 Å². The topological polar surface area (TPSA) is 61.4 Å². The molecule has 0 saturated carbocycles. The van der Waals surface area contributed by atoms with E-state index in [1.165, 1.54) is 11.1 Å². The third-order valence-electron chi connectivity index (χ3n) is 3.90. The minimum absolute atomic E-state index is 0.0397. The lowest BCUT2D eigenvalue weighted by Crippen LogP contribution is -2.40. The highest BCUT2D eigenvalue weighted by atomic mass is 16.2. The van der Waals surface area contributed by atoms with Crippen molar-refractivity contribution in [2.75, 3.05) is 39.1 Å². The van der Waals surface area contributed by atoms with Crippen molar-refractivity contribution in [3.63, 3.8) is 0 Å². The average Bonchev–Trinajstić information content (AvgIpc) is 2.57. The van der Waals surface area contributed by atoms with Gasteiger partial charge in [0.25, 0.3) is 0 Å². The third kappa shape index (κ3) is 5.03. The number of nitrogens with one attached hydrogen (secondary N) is 1. The quantitative estimate of drug-likeness (QED) is 0.838. The van der Waals surface area contributed by atoms with Crippen LogP contribution in [0.25, 0.3) is 0 Å². The Labute approximate surface area is 143 Å². The van der Waals surface area contributed by atoms with E-state index in [-0.39, 0.29) is 18.5 Å². The molecule has 1 atom stereocenters. The number of hydrogen-bond donors (Lipinski definition) is 1. The molecule has 0 fully saturated rings. The van der Waals surface area contributed by atoms with Gasteiger partial charge in [-0.15, -0.1) is 0 Å². The van der Waals surface area contributed by atoms with Crippen molar-refractivity contribution in [2.24, 2.45) is 0 Å². The fourth-order valence-corrected chi connectivity index (χ4v) is 2.44. The number of aryl methyl sites for hydroxylation is 1. The van der Waals surface area contributed by atoms with Crippen LogP contribution < -0.4 is 10.2 Å². The molecule has 0 spiro atoms. The van der Waals surface area contributed by atoms with Gasteiger partial charge in [-0.1, -0.05) is 29.8 Å². The molecular formula is C18H25N5O. The molecule has 128 valence electrons. The summed E-state index contributed by atoms with van der Waals surface area (Å²) in [5.74, 6) is 0.637. The lowest BCUT2D eigenvalue weighted by Gasteiger charge is -2.26. The average molecular weight is 327 g/mol. The number of amides is 1. The Bertz CT molecular complexity index is 642. The van der Waals surface area contributed by atoms with Gasteiger partial charge in [0.05, 0.1) is 18.8 Å². The van der Waals surface area contributed by atoms with Crippen LogP contribution >= 0.6 is 0 Å². The van der Waals surface area contributed by atoms with E-state index in [2.05, 4.69) is 51.4 Å². The molecule has 24 heavy (non-hydrogen) atoms. The maximum Gasteiger partial charge on any atom is 0.239 e. The van der Waals surface area contributed by atoms with Gasteiger partial charge in [-0.05, 0) is 26.6 Å². The number of aromatic nitrogens is 2. The third-order valence-corrected chi connectivity index (χ3v) is 3.90. The molecule has 0 aliphatic carbocycles. The first-order valence-electron chi connectivity index (χ1n) is 7.94. The minimum atomic E-state index is -0.0397. The van der Waals surface area contributed by atoms with Gasteiger partial charge in [0.2, 0.25) is 5.91 Å². The second-order valence-electron chi connectivity index (χ2n) is 6.11. The molecule has 0 radical (unpaired) electrons. The molecular weight excluding hydrogens is 302 g/mol.